The summed E-state index contributed by atoms with van der Waals surface area (Å²) in [7, 11) is 1.48. The van der Waals surface area contributed by atoms with Gasteiger partial charge in [-0.1, -0.05) is 31.6 Å². The minimum absolute atomic E-state index is 0.286. The molecule has 0 amide bonds. The third-order valence-electron chi connectivity index (χ3n) is 4.22. The van der Waals surface area contributed by atoms with Crippen LogP contribution < -0.4 is 9.64 Å². The normalized spacial score (nSPS) is 12.3. The monoisotopic (exact) mass is 374 g/mol. The molecule has 1 heterocycles. The van der Waals surface area contributed by atoms with Crippen LogP contribution in [0.3, 0.4) is 0 Å². The van der Waals surface area contributed by atoms with Crippen LogP contribution in [0.2, 0.25) is 0 Å². The summed E-state index contributed by atoms with van der Waals surface area (Å²) in [6, 6.07) is 8.56. The first-order valence-corrected chi connectivity index (χ1v) is 9.73. The van der Waals surface area contributed by atoms with Crippen molar-refractivity contribution in [3.8, 4) is 5.88 Å². The van der Waals surface area contributed by atoms with Gasteiger partial charge in [0.05, 0.1) is 12.8 Å². The summed E-state index contributed by atoms with van der Waals surface area (Å²) in [5.41, 5.74) is 1.95. The number of aldehydes is 1. The number of thiazole rings is 1. The minimum Gasteiger partial charge on any atom is -0.480 e. The molecule has 6 nitrogen and oxygen atoms in total. The lowest BCUT2D eigenvalue weighted by Gasteiger charge is -2.30. The van der Waals surface area contributed by atoms with E-state index in [2.05, 4.69) is 53.0 Å². The highest BCUT2D eigenvalue weighted by Gasteiger charge is 2.13. The zero-order valence-corrected chi connectivity index (χ0v) is 16.6. The average Bonchev–Trinajstić information content (AvgIpc) is 3.09. The molecule has 0 saturated carbocycles. The Bertz CT molecular complexity index is 728. The Hall–Kier alpha value is -2.28. The van der Waals surface area contributed by atoms with Crippen molar-refractivity contribution in [3.63, 3.8) is 0 Å². The number of azo groups is 1. The summed E-state index contributed by atoms with van der Waals surface area (Å²) >= 11 is 1.15. The molecule has 7 heteroatoms. The van der Waals surface area contributed by atoms with Gasteiger partial charge in [0.25, 0.3) is 0 Å². The van der Waals surface area contributed by atoms with Gasteiger partial charge in [-0.25, -0.2) is 0 Å². The SMILES string of the molecule is CCCCN(c1ccc(N=Nc2nc(OC)c(C=O)s2)cc1)C(C)CC. The quantitative estimate of drug-likeness (QED) is 0.390. The summed E-state index contributed by atoms with van der Waals surface area (Å²) in [6.07, 6.45) is 4.18. The molecular formula is C19H26N4O2S. The number of aromatic nitrogens is 1. The Kier molecular flexibility index (Phi) is 7.72. The Morgan fingerprint density at radius 3 is 2.54 bits per heavy atom. The van der Waals surface area contributed by atoms with E-state index in [4.69, 9.17) is 4.74 Å². The number of unbranched alkanes of at least 4 members (excludes halogenated alkanes) is 1. The van der Waals surface area contributed by atoms with Crippen LogP contribution in [0, 0.1) is 0 Å². The fourth-order valence-corrected chi connectivity index (χ4v) is 3.21. The summed E-state index contributed by atoms with van der Waals surface area (Å²) in [6.45, 7) is 7.73. The van der Waals surface area contributed by atoms with E-state index in [0.717, 1.165) is 30.0 Å². The third-order valence-corrected chi connectivity index (χ3v) is 5.06. The molecule has 0 N–H and O–H groups in total. The number of anilines is 1. The van der Waals surface area contributed by atoms with Gasteiger partial charge in [0.2, 0.25) is 11.0 Å². The highest BCUT2D eigenvalue weighted by atomic mass is 32.1. The van der Waals surface area contributed by atoms with Crippen LogP contribution in [0.4, 0.5) is 16.5 Å². The Morgan fingerprint density at radius 2 is 2.00 bits per heavy atom. The number of hydrogen-bond acceptors (Lipinski definition) is 7. The number of ether oxygens (including phenoxy) is 1. The van der Waals surface area contributed by atoms with E-state index in [1.165, 1.54) is 25.6 Å². The predicted molar refractivity (Wildman–Crippen MR) is 107 cm³/mol. The Labute approximate surface area is 158 Å². The van der Waals surface area contributed by atoms with Crippen LogP contribution in [-0.2, 0) is 0 Å². The maximum Gasteiger partial charge on any atom is 0.237 e. The smallest absolute Gasteiger partial charge is 0.237 e. The van der Waals surface area contributed by atoms with Crippen molar-refractivity contribution >= 4 is 34.1 Å². The van der Waals surface area contributed by atoms with E-state index in [-0.39, 0.29) is 5.88 Å². The first-order valence-electron chi connectivity index (χ1n) is 8.91. The Balaban J connectivity index is 2.12. The van der Waals surface area contributed by atoms with Crippen molar-refractivity contribution in [2.24, 2.45) is 10.2 Å². The highest BCUT2D eigenvalue weighted by molar-refractivity contribution is 7.17. The molecule has 2 rings (SSSR count). The number of hydrogen-bond donors (Lipinski definition) is 0. The molecule has 140 valence electrons. The lowest BCUT2D eigenvalue weighted by atomic mass is 10.1. The second kappa shape index (κ2) is 10.0. The molecule has 1 aromatic carbocycles. The van der Waals surface area contributed by atoms with E-state index in [1.807, 2.05) is 12.1 Å². The van der Waals surface area contributed by atoms with Gasteiger partial charge in [0.15, 0.2) is 6.29 Å². The molecule has 26 heavy (non-hydrogen) atoms. The summed E-state index contributed by atoms with van der Waals surface area (Å²) in [5.74, 6) is 0.286. The van der Waals surface area contributed by atoms with Gasteiger partial charge in [-0.05, 0) is 44.0 Å². The van der Waals surface area contributed by atoms with Crippen LogP contribution >= 0.6 is 11.3 Å². The van der Waals surface area contributed by atoms with Crippen molar-refractivity contribution < 1.29 is 9.53 Å². The molecule has 0 saturated heterocycles. The van der Waals surface area contributed by atoms with Crippen LogP contribution in [0.5, 0.6) is 5.88 Å². The summed E-state index contributed by atoms with van der Waals surface area (Å²) in [4.78, 5) is 17.9. The molecule has 0 aliphatic carbocycles. The van der Waals surface area contributed by atoms with Gasteiger partial charge in [0, 0.05) is 18.3 Å². The van der Waals surface area contributed by atoms with Crippen LogP contribution in [0.25, 0.3) is 0 Å². The number of carbonyl (C=O) groups excluding carboxylic acids is 1. The number of rotatable bonds is 10. The minimum atomic E-state index is 0.286. The average molecular weight is 375 g/mol. The molecule has 2 aromatic rings. The van der Waals surface area contributed by atoms with Gasteiger partial charge in [-0.15, -0.1) is 10.2 Å². The van der Waals surface area contributed by atoms with Crippen LogP contribution in [0.15, 0.2) is 34.5 Å². The molecular weight excluding hydrogens is 348 g/mol. The first-order chi connectivity index (χ1) is 12.6. The zero-order chi connectivity index (χ0) is 18.9. The lowest BCUT2D eigenvalue weighted by molar-refractivity contribution is 0.112. The van der Waals surface area contributed by atoms with Gasteiger partial charge in [0.1, 0.15) is 4.88 Å². The number of nitrogens with zero attached hydrogens (tertiary/aromatic N) is 4. The first kappa shape index (κ1) is 20.0. The highest BCUT2D eigenvalue weighted by Crippen LogP contribution is 2.31. The van der Waals surface area contributed by atoms with E-state index in [9.17, 15) is 4.79 Å². The summed E-state index contributed by atoms with van der Waals surface area (Å²) < 4.78 is 5.04. The van der Waals surface area contributed by atoms with Crippen molar-refractivity contribution in [2.45, 2.75) is 46.1 Å². The fourth-order valence-electron chi connectivity index (χ4n) is 2.53. The van der Waals surface area contributed by atoms with Crippen molar-refractivity contribution in [1.29, 1.82) is 0 Å². The fraction of sp³-hybridized carbons (Fsp3) is 0.474. The molecule has 1 atom stereocenters. The lowest BCUT2D eigenvalue weighted by Crippen LogP contribution is -2.33. The molecule has 0 fully saturated rings. The van der Waals surface area contributed by atoms with Crippen LogP contribution in [-0.4, -0.2) is 31.0 Å². The maximum absolute atomic E-state index is 10.9. The van der Waals surface area contributed by atoms with Gasteiger partial charge in [-0.3, -0.25) is 4.79 Å². The summed E-state index contributed by atoms with van der Waals surface area (Å²) in [5, 5.41) is 8.72. The molecule has 0 bridgehead atoms. The van der Waals surface area contributed by atoms with Crippen molar-refractivity contribution in [3.05, 3.63) is 29.1 Å². The van der Waals surface area contributed by atoms with Crippen molar-refractivity contribution in [2.75, 3.05) is 18.6 Å². The molecule has 1 unspecified atom stereocenters. The van der Waals surface area contributed by atoms with E-state index in [1.54, 1.807) is 0 Å². The van der Waals surface area contributed by atoms with Gasteiger partial charge >= 0.3 is 0 Å². The topological polar surface area (TPSA) is 67.2 Å². The van der Waals surface area contributed by atoms with Gasteiger partial charge < -0.3 is 9.64 Å². The molecule has 0 spiro atoms. The predicted octanol–water partition coefficient (Wildman–Crippen LogP) is 5.78. The second-order valence-electron chi connectivity index (χ2n) is 6.01. The van der Waals surface area contributed by atoms with E-state index >= 15 is 0 Å². The largest absolute Gasteiger partial charge is 0.480 e. The number of methoxy groups -OCH3 is 1. The molecule has 0 aliphatic rings. The van der Waals surface area contributed by atoms with Crippen LogP contribution in [0.1, 0.15) is 49.7 Å². The third kappa shape index (κ3) is 5.11. The Morgan fingerprint density at radius 1 is 1.27 bits per heavy atom. The molecule has 0 radical (unpaired) electrons. The number of carbonyl (C=O) groups is 1. The van der Waals surface area contributed by atoms with E-state index < -0.39 is 0 Å². The zero-order valence-electron chi connectivity index (χ0n) is 15.8. The standard InChI is InChI=1S/C19H26N4O2S/c1-5-7-12-23(14(3)6-2)16-10-8-15(9-11-16)21-22-19-20-18(25-4)17(13-24)26-19/h8-11,13-14H,5-7,12H2,1-4H3. The maximum atomic E-state index is 10.9. The molecule has 1 aromatic heterocycles. The van der Waals surface area contributed by atoms with Gasteiger partial charge in [-0.2, -0.15) is 4.98 Å². The molecule has 0 aliphatic heterocycles. The van der Waals surface area contributed by atoms with Crippen molar-refractivity contribution in [1.82, 2.24) is 4.98 Å². The number of benzene rings is 1. The second-order valence-corrected chi connectivity index (χ2v) is 7.02. The van der Waals surface area contributed by atoms with E-state index in [0.29, 0.717) is 22.3 Å².